The van der Waals surface area contributed by atoms with Gasteiger partial charge in [-0.2, -0.15) is 0 Å². The Morgan fingerprint density at radius 2 is 1.89 bits per heavy atom. The van der Waals surface area contributed by atoms with E-state index in [2.05, 4.69) is 24.2 Å². The number of fused-ring (bicyclic) bond motifs is 2. The Kier molecular flexibility index (Phi) is 5.46. The van der Waals surface area contributed by atoms with Crippen molar-refractivity contribution in [2.75, 3.05) is 20.2 Å². The number of nitrogens with one attached hydrogen (secondary N) is 1. The van der Waals surface area contributed by atoms with Gasteiger partial charge in [0.25, 0.3) is 0 Å². The molecule has 2 aliphatic heterocycles. The first-order valence-corrected chi connectivity index (χ1v) is 7.80. The lowest BCUT2D eigenvalue weighted by Crippen LogP contribution is -2.48. The van der Waals surface area contributed by atoms with Crippen LogP contribution < -0.4 is 5.32 Å². The van der Waals surface area contributed by atoms with Gasteiger partial charge in [-0.3, -0.25) is 0 Å². The zero-order chi connectivity index (χ0) is 13.0. The van der Waals surface area contributed by atoms with Gasteiger partial charge in [0.15, 0.2) is 0 Å². The first kappa shape index (κ1) is 14.3. The number of hydrogen-bond donors (Lipinski definition) is 2. The molecule has 106 valence electrons. The highest BCUT2D eigenvalue weighted by Gasteiger charge is 2.38. The summed E-state index contributed by atoms with van der Waals surface area (Å²) in [4.78, 5) is 2.59. The molecule has 3 heteroatoms. The van der Waals surface area contributed by atoms with Crippen LogP contribution in [-0.2, 0) is 0 Å². The zero-order valence-electron chi connectivity index (χ0n) is 12.1. The Morgan fingerprint density at radius 1 is 1.22 bits per heavy atom. The van der Waals surface area contributed by atoms with Crippen LogP contribution in [0.25, 0.3) is 0 Å². The number of piperidine rings is 1. The second kappa shape index (κ2) is 6.88. The molecule has 2 rings (SSSR count). The van der Waals surface area contributed by atoms with E-state index < -0.39 is 0 Å². The fourth-order valence-corrected chi connectivity index (χ4v) is 3.85. The van der Waals surface area contributed by atoms with Gasteiger partial charge >= 0.3 is 0 Å². The number of nitrogens with zero attached hydrogens (tertiary/aromatic N) is 1. The molecule has 0 saturated carbocycles. The minimum atomic E-state index is 0.338. The van der Waals surface area contributed by atoms with Crippen molar-refractivity contribution in [3.8, 4) is 0 Å². The molecule has 2 N–H and O–H groups in total. The normalized spacial score (nSPS) is 33.8. The van der Waals surface area contributed by atoms with Gasteiger partial charge in [-0.15, -0.1) is 0 Å². The highest BCUT2D eigenvalue weighted by atomic mass is 16.3. The maximum absolute atomic E-state index is 9.09. The molecular weight excluding hydrogens is 224 g/mol. The molecule has 2 aliphatic rings. The van der Waals surface area contributed by atoms with Gasteiger partial charge in [0.1, 0.15) is 0 Å². The minimum Gasteiger partial charge on any atom is -0.396 e. The molecule has 18 heavy (non-hydrogen) atoms. The SMILES string of the molecule is CCCC(CCO)CNC1CC2CCC(C1)N2C. The molecule has 0 aromatic rings. The Hall–Kier alpha value is -0.120. The van der Waals surface area contributed by atoms with E-state index in [1.807, 2.05) is 0 Å². The van der Waals surface area contributed by atoms with E-state index in [1.54, 1.807) is 0 Å². The van der Waals surface area contributed by atoms with Gasteiger partial charge in [0, 0.05) is 24.7 Å². The van der Waals surface area contributed by atoms with E-state index in [0.29, 0.717) is 12.5 Å². The van der Waals surface area contributed by atoms with Crippen molar-refractivity contribution >= 4 is 0 Å². The molecule has 2 saturated heterocycles. The molecular formula is C15H30N2O. The third-order valence-corrected chi connectivity index (χ3v) is 5.03. The zero-order valence-corrected chi connectivity index (χ0v) is 12.1. The standard InChI is InChI=1S/C15H30N2O/c1-3-4-12(7-8-18)11-16-13-9-14-5-6-15(10-13)17(14)2/h12-16,18H,3-11H2,1-2H3. The summed E-state index contributed by atoms with van der Waals surface area (Å²) in [6, 6.07) is 2.36. The van der Waals surface area contributed by atoms with Gasteiger partial charge in [0.05, 0.1) is 0 Å². The molecule has 0 aromatic carbocycles. The monoisotopic (exact) mass is 254 g/mol. The number of rotatable bonds is 7. The van der Waals surface area contributed by atoms with E-state index in [4.69, 9.17) is 5.11 Å². The largest absolute Gasteiger partial charge is 0.396 e. The lowest BCUT2D eigenvalue weighted by atomic mass is 9.95. The van der Waals surface area contributed by atoms with Gasteiger partial charge in [-0.25, -0.2) is 0 Å². The average molecular weight is 254 g/mol. The number of aliphatic hydroxyl groups is 1. The predicted octanol–water partition coefficient (Wildman–Crippen LogP) is 2.00. The summed E-state index contributed by atoms with van der Waals surface area (Å²) < 4.78 is 0. The van der Waals surface area contributed by atoms with Crippen molar-refractivity contribution in [2.45, 2.75) is 70.0 Å². The van der Waals surface area contributed by atoms with E-state index >= 15 is 0 Å². The summed E-state index contributed by atoms with van der Waals surface area (Å²) in [5.41, 5.74) is 0. The van der Waals surface area contributed by atoms with Crippen molar-refractivity contribution in [2.24, 2.45) is 5.92 Å². The molecule has 3 atom stereocenters. The van der Waals surface area contributed by atoms with Crippen LogP contribution in [0.4, 0.5) is 0 Å². The van der Waals surface area contributed by atoms with Crippen LogP contribution in [0.15, 0.2) is 0 Å². The minimum absolute atomic E-state index is 0.338. The van der Waals surface area contributed by atoms with Crippen LogP contribution in [0.2, 0.25) is 0 Å². The van der Waals surface area contributed by atoms with Crippen molar-refractivity contribution in [1.29, 1.82) is 0 Å². The Bertz CT molecular complexity index is 227. The topological polar surface area (TPSA) is 35.5 Å². The maximum Gasteiger partial charge on any atom is 0.0434 e. The van der Waals surface area contributed by atoms with Gasteiger partial charge in [-0.1, -0.05) is 13.3 Å². The van der Waals surface area contributed by atoms with Crippen molar-refractivity contribution < 1.29 is 5.11 Å². The third-order valence-electron chi connectivity index (χ3n) is 5.03. The molecule has 2 heterocycles. The van der Waals surface area contributed by atoms with E-state index in [9.17, 15) is 0 Å². The molecule has 0 spiro atoms. The summed E-state index contributed by atoms with van der Waals surface area (Å²) in [6.45, 7) is 3.67. The molecule has 0 aliphatic carbocycles. The molecule has 2 fully saturated rings. The van der Waals surface area contributed by atoms with Crippen LogP contribution in [0.1, 0.15) is 51.9 Å². The fraction of sp³-hybridized carbons (Fsp3) is 1.00. The Morgan fingerprint density at radius 3 is 2.44 bits per heavy atom. The molecule has 0 amide bonds. The van der Waals surface area contributed by atoms with Gasteiger partial charge in [-0.05, 0) is 58.0 Å². The molecule has 0 radical (unpaired) electrons. The molecule has 0 aromatic heterocycles. The van der Waals surface area contributed by atoms with Crippen LogP contribution in [0.3, 0.4) is 0 Å². The number of hydrogen-bond acceptors (Lipinski definition) is 3. The van der Waals surface area contributed by atoms with Crippen molar-refractivity contribution in [3.05, 3.63) is 0 Å². The van der Waals surface area contributed by atoms with E-state index in [0.717, 1.165) is 31.1 Å². The maximum atomic E-state index is 9.09. The van der Waals surface area contributed by atoms with E-state index in [1.165, 1.54) is 38.5 Å². The summed E-state index contributed by atoms with van der Waals surface area (Å²) in [5, 5.41) is 12.9. The average Bonchev–Trinajstić information content (AvgIpc) is 2.60. The third kappa shape index (κ3) is 3.46. The quantitative estimate of drug-likeness (QED) is 0.729. The van der Waals surface area contributed by atoms with Crippen molar-refractivity contribution in [3.63, 3.8) is 0 Å². The number of aliphatic hydroxyl groups excluding tert-OH is 1. The highest BCUT2D eigenvalue weighted by molar-refractivity contribution is 4.96. The second-order valence-electron chi connectivity index (χ2n) is 6.29. The van der Waals surface area contributed by atoms with Crippen LogP contribution in [0, 0.1) is 5.92 Å². The van der Waals surface area contributed by atoms with Crippen molar-refractivity contribution in [1.82, 2.24) is 10.2 Å². The summed E-state index contributed by atoms with van der Waals surface area (Å²) >= 11 is 0. The highest BCUT2D eigenvalue weighted by Crippen LogP contribution is 2.34. The van der Waals surface area contributed by atoms with Crippen LogP contribution in [0.5, 0.6) is 0 Å². The van der Waals surface area contributed by atoms with Crippen LogP contribution in [-0.4, -0.2) is 48.3 Å². The predicted molar refractivity (Wildman–Crippen MR) is 75.7 cm³/mol. The summed E-state index contributed by atoms with van der Waals surface area (Å²) in [5.74, 6) is 0.664. The lowest BCUT2D eigenvalue weighted by molar-refractivity contribution is 0.144. The molecule has 2 bridgehead atoms. The Balaban J connectivity index is 1.73. The smallest absolute Gasteiger partial charge is 0.0434 e. The first-order valence-electron chi connectivity index (χ1n) is 7.80. The van der Waals surface area contributed by atoms with E-state index in [-0.39, 0.29) is 0 Å². The summed E-state index contributed by atoms with van der Waals surface area (Å²) in [6.07, 6.45) is 8.87. The van der Waals surface area contributed by atoms with Gasteiger partial charge in [0.2, 0.25) is 0 Å². The lowest BCUT2D eigenvalue weighted by Gasteiger charge is -2.37. The second-order valence-corrected chi connectivity index (χ2v) is 6.29. The molecule has 3 unspecified atom stereocenters. The Labute approximate surface area is 112 Å². The molecule has 3 nitrogen and oxygen atoms in total. The summed E-state index contributed by atoms with van der Waals surface area (Å²) in [7, 11) is 2.30. The fourth-order valence-electron chi connectivity index (χ4n) is 3.85. The van der Waals surface area contributed by atoms with Gasteiger partial charge < -0.3 is 15.3 Å². The van der Waals surface area contributed by atoms with Crippen LogP contribution >= 0.6 is 0 Å². The first-order chi connectivity index (χ1) is 8.74.